The molecule has 0 spiro atoms. The highest BCUT2D eigenvalue weighted by Gasteiger charge is 2.39. The molecule has 160 valence electrons. The fourth-order valence-electron chi connectivity index (χ4n) is 4.96. The van der Waals surface area contributed by atoms with E-state index in [2.05, 4.69) is 42.6 Å². The van der Waals surface area contributed by atoms with Gasteiger partial charge in [0, 0.05) is 0 Å². The van der Waals surface area contributed by atoms with Crippen LogP contribution in [-0.4, -0.2) is 6.54 Å². The minimum Gasteiger partial charge on any atom is -0.306 e. The van der Waals surface area contributed by atoms with Gasteiger partial charge in [-0.25, -0.2) is 4.39 Å². The second kappa shape index (κ2) is 10.4. The zero-order chi connectivity index (χ0) is 20.8. The highest BCUT2D eigenvalue weighted by atomic mass is 19.1. The fourth-order valence-corrected chi connectivity index (χ4v) is 4.96. The van der Waals surface area contributed by atoms with Gasteiger partial charge in [-0.1, -0.05) is 88.3 Å². The lowest BCUT2D eigenvalue weighted by Gasteiger charge is -2.20. The second-order valence-electron chi connectivity index (χ2n) is 9.06. The van der Waals surface area contributed by atoms with Crippen molar-refractivity contribution in [3.8, 4) is 0 Å². The molecule has 1 atom stereocenters. The number of nitrogens with one attached hydrogen (secondary N) is 1. The molecule has 2 aromatic rings. The number of rotatable bonds is 12. The van der Waals surface area contributed by atoms with Crippen LogP contribution in [0.4, 0.5) is 4.39 Å². The summed E-state index contributed by atoms with van der Waals surface area (Å²) in [5.41, 5.74) is 6.58. The van der Waals surface area contributed by atoms with Crippen LogP contribution in [0.25, 0.3) is 11.1 Å². The zero-order valence-electron chi connectivity index (χ0n) is 18.4. The smallest absolute Gasteiger partial charge is 0.123 e. The van der Waals surface area contributed by atoms with Crippen LogP contribution in [0.5, 0.6) is 0 Å². The van der Waals surface area contributed by atoms with Crippen LogP contribution in [0.2, 0.25) is 0 Å². The second-order valence-corrected chi connectivity index (χ2v) is 9.06. The quantitative estimate of drug-likeness (QED) is 0.353. The highest BCUT2D eigenvalue weighted by Crippen LogP contribution is 2.54. The number of hydrogen-bond acceptors (Lipinski definition) is 1. The van der Waals surface area contributed by atoms with Crippen molar-refractivity contribution in [1.29, 1.82) is 0 Å². The Morgan fingerprint density at radius 3 is 2.30 bits per heavy atom. The predicted molar refractivity (Wildman–Crippen MR) is 126 cm³/mol. The van der Waals surface area contributed by atoms with E-state index in [4.69, 9.17) is 0 Å². The van der Waals surface area contributed by atoms with Gasteiger partial charge in [-0.15, -0.1) is 0 Å². The topological polar surface area (TPSA) is 12.0 Å². The molecule has 0 unspecified atom stereocenters. The van der Waals surface area contributed by atoms with Crippen LogP contribution >= 0.6 is 0 Å². The Labute approximate surface area is 181 Å². The maximum absolute atomic E-state index is 14.1. The molecule has 0 saturated heterocycles. The van der Waals surface area contributed by atoms with Crippen molar-refractivity contribution in [2.45, 2.75) is 77.2 Å². The average Bonchev–Trinajstić information content (AvgIpc) is 3.54. The first kappa shape index (κ1) is 21.3. The Morgan fingerprint density at radius 1 is 0.833 bits per heavy atom. The van der Waals surface area contributed by atoms with Crippen molar-refractivity contribution in [3.63, 3.8) is 0 Å². The van der Waals surface area contributed by atoms with Crippen LogP contribution in [0, 0.1) is 11.7 Å². The monoisotopic (exact) mass is 405 g/mol. The molecule has 1 saturated carbocycles. The highest BCUT2D eigenvalue weighted by molar-refractivity contribution is 6.00. The van der Waals surface area contributed by atoms with Gasteiger partial charge in [0.1, 0.15) is 5.82 Å². The summed E-state index contributed by atoms with van der Waals surface area (Å²) in [5.74, 6) is 0.493. The van der Waals surface area contributed by atoms with E-state index >= 15 is 0 Å². The molecule has 0 aromatic heterocycles. The average molecular weight is 406 g/mol. The number of halogens is 1. The standard InChI is InChI=1S/C28H36FN/c1-2-3-4-5-6-7-8-11-19-30-28-25-16-10-9-15-24(25)26(21-17-18-21)27(28)22-13-12-14-23(29)20-22/h9-10,12-16,20-21,28,30H,2-8,11,17-19H2,1H3/t28-/m0/s1. The molecule has 1 fully saturated rings. The van der Waals surface area contributed by atoms with E-state index in [-0.39, 0.29) is 11.9 Å². The first-order valence-corrected chi connectivity index (χ1v) is 12.1. The molecular weight excluding hydrogens is 369 g/mol. The SMILES string of the molecule is CCCCCCCCCCN[C@@H]1C(c2cccc(F)c2)=C(C2CC2)c2ccccc21. The molecule has 0 amide bonds. The third-order valence-electron chi connectivity index (χ3n) is 6.64. The maximum Gasteiger partial charge on any atom is 0.123 e. The van der Waals surface area contributed by atoms with Gasteiger partial charge in [0.2, 0.25) is 0 Å². The number of hydrogen-bond donors (Lipinski definition) is 1. The molecule has 0 radical (unpaired) electrons. The van der Waals surface area contributed by atoms with Gasteiger partial charge < -0.3 is 5.32 Å². The molecule has 2 aromatic carbocycles. The third kappa shape index (κ3) is 5.03. The van der Waals surface area contributed by atoms with Crippen LogP contribution in [0.3, 0.4) is 0 Å². The van der Waals surface area contributed by atoms with Crippen molar-refractivity contribution < 1.29 is 4.39 Å². The lowest BCUT2D eigenvalue weighted by Crippen LogP contribution is -2.22. The Balaban J connectivity index is 1.44. The fraction of sp³-hybridized carbons (Fsp3) is 0.500. The van der Waals surface area contributed by atoms with E-state index < -0.39 is 0 Å². The van der Waals surface area contributed by atoms with Crippen LogP contribution in [0.1, 0.15) is 93.9 Å². The van der Waals surface area contributed by atoms with Gasteiger partial charge in [-0.05, 0) is 71.7 Å². The molecule has 0 heterocycles. The first-order valence-electron chi connectivity index (χ1n) is 12.1. The van der Waals surface area contributed by atoms with Crippen LogP contribution in [0.15, 0.2) is 48.5 Å². The van der Waals surface area contributed by atoms with Gasteiger partial charge in [-0.2, -0.15) is 0 Å². The summed E-state index contributed by atoms with van der Waals surface area (Å²) in [7, 11) is 0. The van der Waals surface area contributed by atoms with E-state index in [0.29, 0.717) is 5.92 Å². The van der Waals surface area contributed by atoms with Crippen LogP contribution < -0.4 is 5.32 Å². The summed E-state index contributed by atoms with van der Waals surface area (Å²) < 4.78 is 14.1. The zero-order valence-corrected chi connectivity index (χ0v) is 18.4. The van der Waals surface area contributed by atoms with E-state index in [1.807, 2.05) is 6.07 Å². The van der Waals surface area contributed by atoms with Gasteiger partial charge in [0.05, 0.1) is 6.04 Å². The molecule has 2 aliphatic carbocycles. The molecular formula is C28H36FN. The molecule has 0 bridgehead atoms. The summed E-state index contributed by atoms with van der Waals surface area (Å²) in [6.45, 7) is 3.29. The van der Waals surface area contributed by atoms with Gasteiger partial charge in [0.15, 0.2) is 0 Å². The van der Waals surface area contributed by atoms with Gasteiger partial charge in [0.25, 0.3) is 0 Å². The lowest BCUT2D eigenvalue weighted by molar-refractivity contribution is 0.544. The summed E-state index contributed by atoms with van der Waals surface area (Å²) in [6.07, 6.45) is 13.2. The molecule has 2 heteroatoms. The molecule has 1 N–H and O–H groups in total. The predicted octanol–water partition coefficient (Wildman–Crippen LogP) is 7.93. The molecule has 0 aliphatic heterocycles. The number of unbranched alkanes of at least 4 members (excludes halogenated alkanes) is 7. The lowest BCUT2D eigenvalue weighted by atomic mass is 9.94. The first-order chi connectivity index (χ1) is 14.8. The molecule has 2 aliphatic rings. The minimum atomic E-state index is -0.145. The number of allylic oxidation sites excluding steroid dienone is 1. The molecule has 1 nitrogen and oxygen atoms in total. The van der Waals surface area contributed by atoms with Crippen molar-refractivity contribution in [1.82, 2.24) is 5.32 Å². The van der Waals surface area contributed by atoms with Gasteiger partial charge in [-0.3, -0.25) is 0 Å². The third-order valence-corrected chi connectivity index (χ3v) is 6.64. The van der Waals surface area contributed by atoms with Gasteiger partial charge >= 0.3 is 0 Å². The number of fused-ring (bicyclic) bond motifs is 1. The molecule has 30 heavy (non-hydrogen) atoms. The maximum atomic E-state index is 14.1. The normalized spacial score (nSPS) is 18.1. The Hall–Kier alpha value is -1.93. The van der Waals surface area contributed by atoms with E-state index in [1.165, 1.54) is 86.5 Å². The van der Waals surface area contributed by atoms with Crippen molar-refractivity contribution in [2.75, 3.05) is 6.54 Å². The van der Waals surface area contributed by atoms with E-state index in [0.717, 1.165) is 12.1 Å². The Kier molecular flexibility index (Phi) is 7.38. The summed E-state index contributed by atoms with van der Waals surface area (Å²) in [6, 6.07) is 16.2. The summed E-state index contributed by atoms with van der Waals surface area (Å²) in [5, 5.41) is 3.85. The van der Waals surface area contributed by atoms with Crippen molar-refractivity contribution in [3.05, 3.63) is 71.0 Å². The molecule has 4 rings (SSSR count). The van der Waals surface area contributed by atoms with Crippen molar-refractivity contribution >= 4 is 11.1 Å². The van der Waals surface area contributed by atoms with Crippen LogP contribution in [-0.2, 0) is 0 Å². The Bertz CT molecular complexity index is 864. The Morgan fingerprint density at radius 2 is 1.57 bits per heavy atom. The van der Waals surface area contributed by atoms with E-state index in [9.17, 15) is 4.39 Å². The summed E-state index contributed by atoms with van der Waals surface area (Å²) in [4.78, 5) is 0. The minimum absolute atomic E-state index is 0.145. The number of benzene rings is 2. The van der Waals surface area contributed by atoms with Crippen molar-refractivity contribution in [2.24, 2.45) is 5.92 Å². The largest absolute Gasteiger partial charge is 0.306 e. The summed E-state index contributed by atoms with van der Waals surface area (Å²) >= 11 is 0. The van der Waals surface area contributed by atoms with E-state index in [1.54, 1.807) is 12.1 Å².